The number of rotatable bonds is 4. The number of alkyl halides is 2. The lowest BCUT2D eigenvalue weighted by Crippen LogP contribution is -2.15. The van der Waals surface area contributed by atoms with Crippen molar-refractivity contribution in [1.29, 1.82) is 0 Å². The molecule has 1 aromatic carbocycles. The van der Waals surface area contributed by atoms with Gasteiger partial charge in [0.15, 0.2) is 0 Å². The Morgan fingerprint density at radius 2 is 1.72 bits per heavy atom. The molecule has 0 saturated heterocycles. The Morgan fingerprint density at radius 3 is 2.33 bits per heavy atom. The van der Waals surface area contributed by atoms with E-state index in [1.165, 1.54) is 3.97 Å². The van der Waals surface area contributed by atoms with Crippen LogP contribution in [0, 0.1) is 0 Å². The summed E-state index contributed by atoms with van der Waals surface area (Å²) < 4.78 is 26.6. The quantitative estimate of drug-likeness (QED) is 0.490. The summed E-state index contributed by atoms with van der Waals surface area (Å²) in [6, 6.07) is 12.1. The van der Waals surface area contributed by atoms with E-state index in [1.54, 1.807) is 42.6 Å². The molecule has 96 valence electrons. The SMILES string of the molecule is O=S(=O)(c1ccccc1)n1cccc1CC(I)I. The van der Waals surface area contributed by atoms with Crippen molar-refractivity contribution < 1.29 is 8.42 Å². The van der Waals surface area contributed by atoms with E-state index < -0.39 is 10.0 Å². The predicted molar refractivity (Wildman–Crippen MR) is 89.0 cm³/mol. The molecule has 1 heterocycles. The average molecular weight is 487 g/mol. The molecule has 6 heteroatoms. The largest absolute Gasteiger partial charge is 0.267 e. The number of aromatic nitrogens is 1. The monoisotopic (exact) mass is 487 g/mol. The number of nitrogens with zero attached hydrogens (tertiary/aromatic N) is 1. The summed E-state index contributed by atoms with van der Waals surface area (Å²) in [6.07, 6.45) is 2.33. The summed E-state index contributed by atoms with van der Waals surface area (Å²) in [7, 11) is -3.46. The van der Waals surface area contributed by atoms with Crippen molar-refractivity contribution >= 4 is 55.2 Å². The van der Waals surface area contributed by atoms with Crippen LogP contribution in [0.4, 0.5) is 0 Å². The molecule has 0 saturated carbocycles. The highest BCUT2D eigenvalue weighted by atomic mass is 127. The van der Waals surface area contributed by atoms with Crippen molar-refractivity contribution in [2.45, 2.75) is 13.2 Å². The lowest BCUT2D eigenvalue weighted by atomic mass is 10.3. The van der Waals surface area contributed by atoms with Crippen LogP contribution in [0.15, 0.2) is 53.6 Å². The summed E-state index contributed by atoms with van der Waals surface area (Å²) in [6.45, 7) is 0. The van der Waals surface area contributed by atoms with Gasteiger partial charge in [-0.3, -0.25) is 0 Å². The Balaban J connectivity index is 2.46. The molecule has 0 amide bonds. The standard InChI is InChI=1S/C12H11I2NO2S/c13-12(14)9-10-5-4-8-15(10)18(16,17)11-6-2-1-3-7-11/h1-8,12H,9H2. The highest BCUT2D eigenvalue weighted by Gasteiger charge is 2.19. The summed E-state index contributed by atoms with van der Waals surface area (Å²) in [5.41, 5.74) is 0.813. The van der Waals surface area contributed by atoms with E-state index in [4.69, 9.17) is 0 Å². The number of hydrogen-bond donors (Lipinski definition) is 0. The van der Waals surface area contributed by atoms with E-state index in [1.807, 2.05) is 6.07 Å². The molecule has 18 heavy (non-hydrogen) atoms. The zero-order chi connectivity index (χ0) is 13.2. The molecule has 2 aromatic rings. The van der Waals surface area contributed by atoms with Gasteiger partial charge in [0.1, 0.15) is 0 Å². The van der Waals surface area contributed by atoms with Gasteiger partial charge < -0.3 is 0 Å². The minimum Gasteiger partial charge on any atom is -0.246 e. The van der Waals surface area contributed by atoms with E-state index in [0.29, 0.717) is 6.83 Å². The fraction of sp³-hybridized carbons (Fsp3) is 0.167. The fourth-order valence-electron chi connectivity index (χ4n) is 1.66. The first-order valence-corrected chi connectivity index (χ1v) is 9.20. The molecule has 0 fully saturated rings. The summed E-state index contributed by atoms with van der Waals surface area (Å²) in [5, 5.41) is 0. The molecule has 1 aromatic heterocycles. The Bertz CT molecular complexity index is 621. The van der Waals surface area contributed by atoms with Gasteiger partial charge in [0, 0.05) is 18.3 Å². The third-order valence-corrected chi connectivity index (χ3v) is 5.08. The molecule has 0 unspecified atom stereocenters. The molecule has 0 aliphatic rings. The van der Waals surface area contributed by atoms with Crippen molar-refractivity contribution in [3.8, 4) is 0 Å². The van der Waals surface area contributed by atoms with Gasteiger partial charge in [-0.15, -0.1) is 0 Å². The van der Waals surface area contributed by atoms with Crippen molar-refractivity contribution in [2.24, 2.45) is 0 Å². The maximum atomic E-state index is 12.5. The van der Waals surface area contributed by atoms with Crippen LogP contribution >= 0.6 is 45.2 Å². The van der Waals surface area contributed by atoms with E-state index >= 15 is 0 Å². The van der Waals surface area contributed by atoms with Gasteiger partial charge in [0.2, 0.25) is 0 Å². The van der Waals surface area contributed by atoms with Crippen LogP contribution in [0.2, 0.25) is 0 Å². The maximum absolute atomic E-state index is 12.5. The van der Waals surface area contributed by atoms with Crippen LogP contribution in [-0.2, 0) is 16.4 Å². The predicted octanol–water partition coefficient (Wildman–Crippen LogP) is 3.46. The third-order valence-electron chi connectivity index (χ3n) is 2.46. The van der Waals surface area contributed by atoms with E-state index in [0.717, 1.165) is 12.1 Å². The molecular formula is C12H11I2NO2S. The summed E-state index contributed by atoms with van der Waals surface area (Å²) in [4.78, 5) is 0.320. The van der Waals surface area contributed by atoms with Gasteiger partial charge in [0.25, 0.3) is 10.0 Å². The third kappa shape index (κ3) is 3.08. The number of hydrogen-bond acceptors (Lipinski definition) is 2. The molecule has 0 spiro atoms. The Kier molecular flexibility index (Phi) is 4.70. The highest BCUT2D eigenvalue weighted by Crippen LogP contribution is 2.21. The molecule has 0 N–H and O–H groups in total. The lowest BCUT2D eigenvalue weighted by Gasteiger charge is -2.10. The molecule has 0 atom stereocenters. The van der Waals surface area contributed by atoms with Crippen molar-refractivity contribution in [3.63, 3.8) is 0 Å². The maximum Gasteiger partial charge on any atom is 0.267 e. The molecule has 0 aliphatic heterocycles. The average Bonchev–Trinajstić information content (AvgIpc) is 2.78. The van der Waals surface area contributed by atoms with Crippen LogP contribution in [0.3, 0.4) is 0 Å². The topological polar surface area (TPSA) is 39.1 Å². The van der Waals surface area contributed by atoms with Crippen LogP contribution in [0.25, 0.3) is 0 Å². The normalized spacial score (nSPS) is 11.9. The highest BCUT2D eigenvalue weighted by molar-refractivity contribution is 14.2. The van der Waals surface area contributed by atoms with Gasteiger partial charge >= 0.3 is 0 Å². The van der Waals surface area contributed by atoms with Crippen LogP contribution in [-0.4, -0.2) is 14.3 Å². The second-order valence-electron chi connectivity index (χ2n) is 3.71. The zero-order valence-electron chi connectivity index (χ0n) is 9.33. The van der Waals surface area contributed by atoms with Crippen molar-refractivity contribution in [1.82, 2.24) is 3.97 Å². The zero-order valence-corrected chi connectivity index (χ0v) is 14.5. The fourth-order valence-corrected chi connectivity index (χ4v) is 3.96. The van der Waals surface area contributed by atoms with Crippen molar-refractivity contribution in [2.75, 3.05) is 0 Å². The second kappa shape index (κ2) is 5.91. The summed E-state index contributed by atoms with van der Waals surface area (Å²) in [5.74, 6) is 0. The lowest BCUT2D eigenvalue weighted by molar-refractivity contribution is 0.585. The van der Waals surface area contributed by atoms with Gasteiger partial charge in [-0.25, -0.2) is 12.4 Å². The van der Waals surface area contributed by atoms with Gasteiger partial charge in [-0.05, 0) is 24.3 Å². The first-order chi connectivity index (χ1) is 8.51. The molecule has 0 aliphatic carbocycles. The molecule has 3 nitrogen and oxygen atoms in total. The summed E-state index contributed by atoms with van der Waals surface area (Å²) >= 11 is 4.56. The minimum atomic E-state index is -3.46. The molecule has 2 rings (SSSR count). The first-order valence-electron chi connectivity index (χ1n) is 5.27. The van der Waals surface area contributed by atoms with Crippen LogP contribution in [0.5, 0.6) is 0 Å². The van der Waals surface area contributed by atoms with Crippen molar-refractivity contribution in [3.05, 3.63) is 54.4 Å². The minimum absolute atomic E-state index is 0.320. The number of benzene rings is 1. The van der Waals surface area contributed by atoms with E-state index in [2.05, 4.69) is 45.2 Å². The Hall–Kier alpha value is -0.0900. The van der Waals surface area contributed by atoms with Crippen LogP contribution < -0.4 is 0 Å². The molecule has 0 radical (unpaired) electrons. The Morgan fingerprint density at radius 1 is 1.06 bits per heavy atom. The van der Waals surface area contributed by atoms with Gasteiger partial charge in [0.05, 0.1) is 6.83 Å². The first kappa shape index (κ1) is 14.3. The molecule has 0 bridgehead atoms. The smallest absolute Gasteiger partial charge is 0.246 e. The van der Waals surface area contributed by atoms with Gasteiger partial charge in [-0.2, -0.15) is 0 Å². The Labute approximate surface area is 134 Å². The van der Waals surface area contributed by atoms with Crippen LogP contribution in [0.1, 0.15) is 5.69 Å². The second-order valence-corrected chi connectivity index (χ2v) is 10.9. The van der Waals surface area contributed by atoms with E-state index in [9.17, 15) is 8.42 Å². The molecular weight excluding hydrogens is 476 g/mol. The van der Waals surface area contributed by atoms with Gasteiger partial charge in [-0.1, -0.05) is 63.4 Å². The van der Waals surface area contributed by atoms with E-state index in [-0.39, 0.29) is 0 Å². The number of halogens is 2.